The lowest BCUT2D eigenvalue weighted by molar-refractivity contribution is -0.130. The minimum Gasteiger partial charge on any atom is -0.395 e. The third-order valence-electron chi connectivity index (χ3n) is 6.35. The Labute approximate surface area is 149 Å². The molecule has 0 radical (unpaired) electrons. The van der Waals surface area contributed by atoms with Gasteiger partial charge in [-0.3, -0.25) is 9.69 Å². The molecule has 0 aromatic carbocycles. The van der Waals surface area contributed by atoms with E-state index >= 15 is 0 Å². The van der Waals surface area contributed by atoms with E-state index in [1.54, 1.807) is 0 Å². The predicted octanol–water partition coefficient (Wildman–Crippen LogP) is 2.09. The number of hydrogen-bond donors (Lipinski definition) is 1. The Balaban J connectivity index is 1.65. The predicted molar refractivity (Wildman–Crippen MR) is 93.5 cm³/mol. The van der Waals surface area contributed by atoms with Gasteiger partial charge in [-0.2, -0.15) is 0 Å². The molecule has 1 aliphatic heterocycles. The first-order valence-electron chi connectivity index (χ1n) is 9.30. The van der Waals surface area contributed by atoms with Crippen LogP contribution in [0.5, 0.6) is 0 Å². The smallest absolute Gasteiger partial charge is 0.160 e. The van der Waals surface area contributed by atoms with Crippen molar-refractivity contribution < 1.29 is 19.2 Å². The maximum absolute atomic E-state index is 12.9. The van der Waals surface area contributed by atoms with Gasteiger partial charge in [0.15, 0.2) is 5.78 Å². The standard InChI is InChI=1S/C19H30N2O4/c1-18(2,21(3)14-5-9-24-10-6-14)17(23)12-15-11-16(20-25-15)19(13-22)7-4-8-19/h11,14,22H,4-10,12-13H2,1-3H3. The molecule has 6 nitrogen and oxygen atoms in total. The number of carbonyl (C=O) groups is 1. The highest BCUT2D eigenvalue weighted by molar-refractivity contribution is 5.89. The summed E-state index contributed by atoms with van der Waals surface area (Å²) in [5.74, 6) is 0.712. The highest BCUT2D eigenvalue weighted by Crippen LogP contribution is 2.42. The van der Waals surface area contributed by atoms with Crippen LogP contribution in [0.1, 0.15) is 57.4 Å². The van der Waals surface area contributed by atoms with Crippen molar-refractivity contribution >= 4 is 5.78 Å². The number of carbonyl (C=O) groups excluding carboxylic acids is 1. The number of nitrogens with zero attached hydrogens (tertiary/aromatic N) is 2. The molecule has 1 aliphatic carbocycles. The Hall–Kier alpha value is -1.24. The summed E-state index contributed by atoms with van der Waals surface area (Å²) < 4.78 is 10.8. The maximum Gasteiger partial charge on any atom is 0.160 e. The molecule has 3 rings (SSSR count). The second-order valence-electron chi connectivity index (χ2n) is 8.08. The second kappa shape index (κ2) is 7.17. The van der Waals surface area contributed by atoms with E-state index in [4.69, 9.17) is 9.26 Å². The van der Waals surface area contributed by atoms with Crippen LogP contribution in [0.2, 0.25) is 0 Å². The van der Waals surface area contributed by atoms with E-state index in [2.05, 4.69) is 10.1 Å². The summed E-state index contributed by atoms with van der Waals surface area (Å²) in [6.45, 7) is 5.55. The zero-order valence-electron chi connectivity index (χ0n) is 15.6. The third kappa shape index (κ3) is 3.52. The summed E-state index contributed by atoms with van der Waals surface area (Å²) in [4.78, 5) is 15.1. The van der Waals surface area contributed by atoms with Gasteiger partial charge in [-0.1, -0.05) is 11.6 Å². The molecular weight excluding hydrogens is 320 g/mol. The Morgan fingerprint density at radius 2 is 2.08 bits per heavy atom. The number of hydrogen-bond acceptors (Lipinski definition) is 6. The van der Waals surface area contributed by atoms with Gasteiger partial charge in [-0.15, -0.1) is 0 Å². The first-order chi connectivity index (χ1) is 11.9. The molecule has 6 heteroatoms. The van der Waals surface area contributed by atoms with Gasteiger partial charge >= 0.3 is 0 Å². The average Bonchev–Trinajstić information content (AvgIpc) is 3.03. The van der Waals surface area contributed by atoms with Crippen LogP contribution >= 0.6 is 0 Å². The normalized spacial score (nSPS) is 21.3. The summed E-state index contributed by atoms with van der Waals surface area (Å²) >= 11 is 0. The fourth-order valence-corrected chi connectivity index (χ4v) is 3.85. The Morgan fingerprint density at radius 3 is 2.64 bits per heavy atom. The van der Waals surface area contributed by atoms with Crippen molar-refractivity contribution in [2.24, 2.45) is 0 Å². The van der Waals surface area contributed by atoms with E-state index in [0.717, 1.165) is 51.0 Å². The van der Waals surface area contributed by atoms with Gasteiger partial charge in [0.2, 0.25) is 0 Å². The summed E-state index contributed by atoms with van der Waals surface area (Å²) in [5.41, 5.74) is -0.0288. The molecule has 1 aromatic rings. The number of aliphatic hydroxyl groups is 1. The molecule has 1 saturated carbocycles. The number of likely N-dealkylation sites (N-methyl/N-ethyl adjacent to an activating group) is 1. The molecule has 0 bridgehead atoms. The van der Waals surface area contributed by atoms with Crippen molar-refractivity contribution in [3.8, 4) is 0 Å². The van der Waals surface area contributed by atoms with Crippen LogP contribution in [-0.2, 0) is 21.4 Å². The molecule has 1 N–H and O–H groups in total. The Bertz CT molecular complexity index is 595. The van der Waals surface area contributed by atoms with Crippen molar-refractivity contribution in [3.63, 3.8) is 0 Å². The van der Waals surface area contributed by atoms with Gasteiger partial charge < -0.3 is 14.4 Å². The summed E-state index contributed by atoms with van der Waals surface area (Å²) in [5, 5.41) is 13.8. The van der Waals surface area contributed by atoms with Gasteiger partial charge in [0.05, 0.1) is 24.3 Å². The molecule has 25 heavy (non-hydrogen) atoms. The van der Waals surface area contributed by atoms with Crippen LogP contribution in [0.15, 0.2) is 10.6 Å². The lowest BCUT2D eigenvalue weighted by atomic mass is 9.67. The highest BCUT2D eigenvalue weighted by atomic mass is 16.5. The zero-order valence-corrected chi connectivity index (χ0v) is 15.6. The maximum atomic E-state index is 12.9. The van der Waals surface area contributed by atoms with E-state index in [9.17, 15) is 9.90 Å². The average molecular weight is 350 g/mol. The van der Waals surface area contributed by atoms with Crippen LogP contribution in [0.3, 0.4) is 0 Å². The molecule has 0 amide bonds. The molecule has 1 saturated heterocycles. The lowest BCUT2D eigenvalue weighted by Gasteiger charge is -2.41. The molecule has 140 valence electrons. The van der Waals surface area contributed by atoms with E-state index in [-0.39, 0.29) is 24.2 Å². The van der Waals surface area contributed by atoms with E-state index < -0.39 is 5.54 Å². The van der Waals surface area contributed by atoms with Crippen LogP contribution in [0.25, 0.3) is 0 Å². The van der Waals surface area contributed by atoms with Gasteiger partial charge in [0.1, 0.15) is 5.76 Å². The van der Waals surface area contributed by atoms with Crippen molar-refractivity contribution in [1.82, 2.24) is 10.1 Å². The van der Waals surface area contributed by atoms with Gasteiger partial charge in [-0.05, 0) is 46.6 Å². The van der Waals surface area contributed by atoms with Gasteiger partial charge in [0, 0.05) is 30.7 Å². The van der Waals surface area contributed by atoms with Crippen molar-refractivity contribution in [2.75, 3.05) is 26.9 Å². The van der Waals surface area contributed by atoms with E-state index in [1.807, 2.05) is 27.0 Å². The number of ether oxygens (including phenoxy) is 1. The number of Topliss-reactive ketones (excluding diaryl/α,β-unsaturated/α-hetero) is 1. The Kier molecular flexibility index (Phi) is 5.32. The van der Waals surface area contributed by atoms with Crippen molar-refractivity contribution in [1.29, 1.82) is 0 Å². The Morgan fingerprint density at radius 1 is 1.40 bits per heavy atom. The monoisotopic (exact) mass is 350 g/mol. The summed E-state index contributed by atoms with van der Waals surface area (Å²) in [7, 11) is 2.02. The molecular formula is C19H30N2O4. The first-order valence-corrected chi connectivity index (χ1v) is 9.30. The quantitative estimate of drug-likeness (QED) is 0.811. The molecule has 0 atom stereocenters. The van der Waals surface area contributed by atoms with Gasteiger partial charge in [0.25, 0.3) is 0 Å². The van der Waals surface area contributed by atoms with Crippen LogP contribution in [-0.4, -0.2) is 59.4 Å². The van der Waals surface area contributed by atoms with E-state index in [0.29, 0.717) is 11.8 Å². The minimum absolute atomic E-state index is 0.0882. The highest BCUT2D eigenvalue weighted by Gasteiger charge is 2.42. The van der Waals surface area contributed by atoms with Crippen LogP contribution in [0, 0.1) is 0 Å². The molecule has 1 aromatic heterocycles. The minimum atomic E-state index is -0.569. The topological polar surface area (TPSA) is 75.8 Å². The fourth-order valence-electron chi connectivity index (χ4n) is 3.85. The fraction of sp³-hybridized carbons (Fsp3) is 0.789. The molecule has 2 heterocycles. The van der Waals surface area contributed by atoms with Crippen LogP contribution in [0.4, 0.5) is 0 Å². The largest absolute Gasteiger partial charge is 0.395 e. The second-order valence-corrected chi connectivity index (χ2v) is 8.08. The van der Waals surface area contributed by atoms with Crippen molar-refractivity contribution in [3.05, 3.63) is 17.5 Å². The molecule has 0 spiro atoms. The number of aliphatic hydroxyl groups excluding tert-OH is 1. The lowest BCUT2D eigenvalue weighted by Crippen LogP contribution is -2.54. The molecule has 0 unspecified atom stereocenters. The number of aromatic nitrogens is 1. The number of rotatable bonds is 7. The molecule has 2 fully saturated rings. The van der Waals surface area contributed by atoms with Crippen molar-refractivity contribution in [2.45, 2.75) is 69.4 Å². The molecule has 2 aliphatic rings. The zero-order chi connectivity index (χ0) is 18.1. The van der Waals surface area contributed by atoms with Gasteiger partial charge in [-0.25, -0.2) is 0 Å². The van der Waals surface area contributed by atoms with E-state index in [1.165, 1.54) is 0 Å². The number of ketones is 1. The third-order valence-corrected chi connectivity index (χ3v) is 6.35. The SMILES string of the molecule is CN(C1CCOCC1)C(C)(C)C(=O)Cc1cc(C2(CO)CCC2)no1. The summed E-state index contributed by atoms with van der Waals surface area (Å²) in [6.07, 6.45) is 5.11. The first kappa shape index (κ1) is 18.5. The summed E-state index contributed by atoms with van der Waals surface area (Å²) in [6, 6.07) is 2.23. The van der Waals surface area contributed by atoms with Crippen LogP contribution < -0.4 is 0 Å².